The van der Waals surface area contributed by atoms with Crippen molar-refractivity contribution in [2.24, 2.45) is 0 Å². The number of nitro groups is 1. The smallest absolute Gasteiger partial charge is 0.258 e. The molecule has 0 fully saturated rings. The van der Waals surface area contributed by atoms with Gasteiger partial charge in [-0.25, -0.2) is 8.42 Å². The molecular formula is C10H8N2O4S. The minimum absolute atomic E-state index is 0.162. The molecule has 0 unspecified atom stereocenters. The fraction of sp³-hybridized carbons (Fsp3) is 0.100. The summed E-state index contributed by atoms with van der Waals surface area (Å²) in [5, 5.41) is 19.2. The van der Waals surface area contributed by atoms with Gasteiger partial charge in [-0.1, -0.05) is 12.1 Å². The summed E-state index contributed by atoms with van der Waals surface area (Å²) in [6, 6.07) is 6.92. The van der Waals surface area contributed by atoms with Crippen LogP contribution in [0.3, 0.4) is 0 Å². The molecule has 0 aliphatic heterocycles. The van der Waals surface area contributed by atoms with Crippen molar-refractivity contribution in [2.45, 2.75) is 0 Å². The van der Waals surface area contributed by atoms with Gasteiger partial charge in [0.1, 0.15) is 11.0 Å². The molecule has 0 amide bonds. The van der Waals surface area contributed by atoms with Crippen molar-refractivity contribution in [3.63, 3.8) is 0 Å². The molecule has 0 saturated heterocycles. The quantitative estimate of drug-likeness (QED) is 0.461. The largest absolute Gasteiger partial charge is 0.270 e. The molecule has 0 aromatic heterocycles. The van der Waals surface area contributed by atoms with Crippen LogP contribution in [-0.2, 0) is 9.84 Å². The number of nitro benzene ring substituents is 1. The number of hydrogen-bond acceptors (Lipinski definition) is 5. The van der Waals surface area contributed by atoms with Gasteiger partial charge in [0.2, 0.25) is 0 Å². The maximum Gasteiger partial charge on any atom is 0.270 e. The molecule has 0 aliphatic rings. The number of sulfone groups is 1. The lowest BCUT2D eigenvalue weighted by molar-refractivity contribution is -0.384. The van der Waals surface area contributed by atoms with E-state index in [1.54, 1.807) is 6.07 Å². The molecule has 0 radical (unpaired) electrons. The number of non-ortho nitro benzene ring substituents is 1. The topological polar surface area (TPSA) is 101 Å². The Labute approximate surface area is 97.9 Å². The first kappa shape index (κ1) is 12.9. The molecule has 1 aromatic carbocycles. The van der Waals surface area contributed by atoms with E-state index in [1.165, 1.54) is 24.3 Å². The van der Waals surface area contributed by atoms with E-state index in [9.17, 15) is 18.5 Å². The van der Waals surface area contributed by atoms with Crippen LogP contribution in [0.5, 0.6) is 0 Å². The number of nitriles is 1. The lowest BCUT2D eigenvalue weighted by Gasteiger charge is -1.96. The van der Waals surface area contributed by atoms with Gasteiger partial charge >= 0.3 is 0 Å². The minimum Gasteiger partial charge on any atom is -0.258 e. The lowest BCUT2D eigenvalue weighted by atomic mass is 10.2. The molecule has 17 heavy (non-hydrogen) atoms. The number of hydrogen-bond donors (Lipinski definition) is 0. The fourth-order valence-electron chi connectivity index (χ4n) is 1.10. The highest BCUT2D eigenvalue weighted by Crippen LogP contribution is 2.17. The highest BCUT2D eigenvalue weighted by Gasteiger charge is 2.11. The number of benzene rings is 1. The first-order valence-electron chi connectivity index (χ1n) is 4.41. The predicted molar refractivity (Wildman–Crippen MR) is 61.5 cm³/mol. The second-order valence-corrected chi connectivity index (χ2v) is 5.23. The van der Waals surface area contributed by atoms with Crippen LogP contribution in [0.25, 0.3) is 6.08 Å². The van der Waals surface area contributed by atoms with Gasteiger partial charge in [0.25, 0.3) is 5.69 Å². The van der Waals surface area contributed by atoms with E-state index in [4.69, 9.17) is 5.26 Å². The average molecular weight is 252 g/mol. The summed E-state index contributed by atoms with van der Waals surface area (Å²) >= 11 is 0. The van der Waals surface area contributed by atoms with Crippen molar-refractivity contribution in [3.05, 3.63) is 44.8 Å². The lowest BCUT2D eigenvalue weighted by Crippen LogP contribution is -1.98. The molecule has 0 bridgehead atoms. The molecule has 88 valence electrons. The zero-order chi connectivity index (χ0) is 13.1. The van der Waals surface area contributed by atoms with Gasteiger partial charge in [0.15, 0.2) is 9.84 Å². The maximum atomic E-state index is 11.2. The van der Waals surface area contributed by atoms with Gasteiger partial charge < -0.3 is 0 Å². The van der Waals surface area contributed by atoms with Crippen LogP contribution < -0.4 is 0 Å². The summed E-state index contributed by atoms with van der Waals surface area (Å²) in [7, 11) is -3.62. The average Bonchev–Trinajstić information content (AvgIpc) is 2.24. The Morgan fingerprint density at radius 1 is 1.53 bits per heavy atom. The standard InChI is InChI=1S/C10H8N2O4S/c1-17(15,16)10(7-11)6-8-3-2-4-9(5-8)12(13)14/h2-6H,1H3. The van der Waals surface area contributed by atoms with Gasteiger partial charge in [-0.3, -0.25) is 10.1 Å². The Morgan fingerprint density at radius 3 is 2.65 bits per heavy atom. The third-order valence-electron chi connectivity index (χ3n) is 1.89. The normalized spacial score (nSPS) is 11.9. The van der Waals surface area contributed by atoms with E-state index in [0.717, 1.165) is 12.3 Å². The molecule has 0 N–H and O–H groups in total. The van der Waals surface area contributed by atoms with Crippen LogP contribution in [0.2, 0.25) is 0 Å². The summed E-state index contributed by atoms with van der Waals surface area (Å²) in [4.78, 5) is 9.48. The van der Waals surface area contributed by atoms with Crippen molar-refractivity contribution in [1.29, 1.82) is 5.26 Å². The highest BCUT2D eigenvalue weighted by atomic mass is 32.2. The van der Waals surface area contributed by atoms with Crippen LogP contribution in [0.1, 0.15) is 5.56 Å². The van der Waals surface area contributed by atoms with Gasteiger partial charge in [-0.2, -0.15) is 5.26 Å². The van der Waals surface area contributed by atoms with Crippen LogP contribution in [0.15, 0.2) is 29.2 Å². The van der Waals surface area contributed by atoms with Crippen LogP contribution in [-0.4, -0.2) is 19.6 Å². The second kappa shape index (κ2) is 4.76. The zero-order valence-corrected chi connectivity index (χ0v) is 9.64. The molecule has 6 nitrogen and oxygen atoms in total. The van der Waals surface area contributed by atoms with E-state index in [0.29, 0.717) is 5.56 Å². The van der Waals surface area contributed by atoms with Crippen molar-refractivity contribution in [1.82, 2.24) is 0 Å². The second-order valence-electron chi connectivity index (χ2n) is 3.24. The van der Waals surface area contributed by atoms with E-state index >= 15 is 0 Å². The van der Waals surface area contributed by atoms with Crippen molar-refractivity contribution in [3.8, 4) is 6.07 Å². The monoisotopic (exact) mass is 252 g/mol. The zero-order valence-electron chi connectivity index (χ0n) is 8.82. The Balaban J connectivity index is 3.28. The molecular weight excluding hydrogens is 244 g/mol. The number of rotatable bonds is 3. The third-order valence-corrected chi connectivity index (χ3v) is 2.90. The number of allylic oxidation sites excluding steroid dienone is 1. The first-order valence-corrected chi connectivity index (χ1v) is 6.30. The predicted octanol–water partition coefficient (Wildman–Crippen LogP) is 1.50. The maximum absolute atomic E-state index is 11.2. The molecule has 7 heteroatoms. The summed E-state index contributed by atoms with van der Waals surface area (Å²) < 4.78 is 22.3. The van der Waals surface area contributed by atoms with Gasteiger partial charge in [0, 0.05) is 18.4 Å². The van der Waals surface area contributed by atoms with Crippen molar-refractivity contribution in [2.75, 3.05) is 6.26 Å². The van der Waals surface area contributed by atoms with Gasteiger partial charge in [0.05, 0.1) is 4.92 Å². The third kappa shape index (κ3) is 3.39. The van der Waals surface area contributed by atoms with Gasteiger partial charge in [-0.05, 0) is 11.6 Å². The van der Waals surface area contributed by atoms with Crippen LogP contribution >= 0.6 is 0 Å². The molecule has 0 atom stereocenters. The van der Waals surface area contributed by atoms with Crippen molar-refractivity contribution < 1.29 is 13.3 Å². The summed E-state index contributed by atoms with van der Waals surface area (Å²) in [5.41, 5.74) is 0.130. The SMILES string of the molecule is CS(=O)(=O)C(C#N)=Cc1cccc([N+](=O)[O-])c1. The fourth-order valence-corrected chi connectivity index (χ4v) is 1.62. The van der Waals surface area contributed by atoms with E-state index in [-0.39, 0.29) is 5.69 Å². The summed E-state index contributed by atoms with van der Waals surface area (Å²) in [6.07, 6.45) is 2.00. The van der Waals surface area contributed by atoms with Gasteiger partial charge in [-0.15, -0.1) is 0 Å². The highest BCUT2D eigenvalue weighted by molar-refractivity contribution is 7.95. The Morgan fingerprint density at radius 2 is 2.18 bits per heavy atom. The van der Waals surface area contributed by atoms with Crippen LogP contribution in [0, 0.1) is 21.4 Å². The molecule has 0 aliphatic carbocycles. The molecule has 0 saturated carbocycles. The van der Waals surface area contributed by atoms with E-state index in [2.05, 4.69) is 0 Å². The summed E-state index contributed by atoms with van der Waals surface area (Å²) in [6.45, 7) is 0. The van der Waals surface area contributed by atoms with Crippen molar-refractivity contribution >= 4 is 21.6 Å². The number of nitrogens with zero attached hydrogens (tertiary/aromatic N) is 2. The summed E-state index contributed by atoms with van der Waals surface area (Å²) in [5.74, 6) is 0. The molecule has 1 aromatic rings. The Hall–Kier alpha value is -2.20. The Kier molecular flexibility index (Phi) is 3.60. The van der Waals surface area contributed by atoms with E-state index < -0.39 is 19.7 Å². The molecule has 0 spiro atoms. The minimum atomic E-state index is -3.62. The van der Waals surface area contributed by atoms with E-state index in [1.807, 2.05) is 0 Å². The van der Waals surface area contributed by atoms with Crippen LogP contribution in [0.4, 0.5) is 5.69 Å². The molecule has 1 rings (SSSR count). The first-order chi connectivity index (χ1) is 7.84. The molecule has 0 heterocycles. The Bertz CT molecular complexity index is 626.